The van der Waals surface area contributed by atoms with Crippen molar-refractivity contribution < 1.29 is 9.66 Å². The lowest BCUT2D eigenvalue weighted by atomic mass is 10.1. The van der Waals surface area contributed by atoms with E-state index in [2.05, 4.69) is 6.92 Å². The third kappa shape index (κ3) is 3.26. The molecule has 0 aliphatic carbocycles. The van der Waals surface area contributed by atoms with Crippen molar-refractivity contribution >= 4 is 11.4 Å². The van der Waals surface area contributed by atoms with Gasteiger partial charge in [0, 0.05) is 23.4 Å². The van der Waals surface area contributed by atoms with Crippen LogP contribution in [0.25, 0.3) is 0 Å². The normalized spacial score (nSPS) is 10.2. The summed E-state index contributed by atoms with van der Waals surface area (Å²) in [5.74, 6) is 0.716. The van der Waals surface area contributed by atoms with Gasteiger partial charge in [-0.1, -0.05) is 19.1 Å². The summed E-state index contributed by atoms with van der Waals surface area (Å²) in [5.41, 5.74) is 8.14. The summed E-state index contributed by atoms with van der Waals surface area (Å²) in [5, 5.41) is 10.7. The fourth-order valence-electron chi connectivity index (χ4n) is 1.81. The first-order chi connectivity index (χ1) is 9.60. The average Bonchev–Trinajstić information content (AvgIpc) is 2.46. The Balaban J connectivity index is 2.09. The van der Waals surface area contributed by atoms with Crippen LogP contribution in [0, 0.1) is 10.1 Å². The van der Waals surface area contributed by atoms with Gasteiger partial charge >= 0.3 is 0 Å². The second-order valence-electron chi connectivity index (χ2n) is 4.43. The lowest BCUT2D eigenvalue weighted by molar-refractivity contribution is -0.384. The molecule has 0 saturated carbocycles. The van der Waals surface area contributed by atoms with Crippen LogP contribution in [0.4, 0.5) is 11.4 Å². The number of non-ortho nitro benzene ring substituents is 1. The topological polar surface area (TPSA) is 78.4 Å². The van der Waals surface area contributed by atoms with Gasteiger partial charge in [-0.3, -0.25) is 10.1 Å². The van der Waals surface area contributed by atoms with E-state index in [0.29, 0.717) is 17.0 Å². The molecule has 2 aromatic carbocycles. The van der Waals surface area contributed by atoms with Gasteiger partial charge in [0.15, 0.2) is 0 Å². The number of anilines is 1. The Bertz CT molecular complexity index is 609. The number of hydrogen-bond acceptors (Lipinski definition) is 4. The van der Waals surface area contributed by atoms with E-state index in [1.165, 1.54) is 23.8 Å². The zero-order chi connectivity index (χ0) is 14.5. The second kappa shape index (κ2) is 6.06. The van der Waals surface area contributed by atoms with E-state index >= 15 is 0 Å². The molecule has 0 radical (unpaired) electrons. The molecule has 0 amide bonds. The molecule has 0 atom stereocenters. The monoisotopic (exact) mass is 272 g/mol. The number of hydrogen-bond donors (Lipinski definition) is 1. The zero-order valence-electron chi connectivity index (χ0n) is 11.2. The Morgan fingerprint density at radius 1 is 1.20 bits per heavy atom. The highest BCUT2D eigenvalue weighted by Crippen LogP contribution is 2.22. The highest BCUT2D eigenvalue weighted by Gasteiger charge is 2.09. The highest BCUT2D eigenvalue weighted by molar-refractivity contribution is 5.52. The summed E-state index contributed by atoms with van der Waals surface area (Å²) >= 11 is 0. The van der Waals surface area contributed by atoms with E-state index in [9.17, 15) is 10.1 Å². The quantitative estimate of drug-likeness (QED) is 0.514. The molecular weight excluding hydrogens is 256 g/mol. The Hall–Kier alpha value is -2.56. The molecule has 0 saturated heterocycles. The minimum Gasteiger partial charge on any atom is -0.489 e. The van der Waals surface area contributed by atoms with Crippen molar-refractivity contribution in [2.75, 3.05) is 5.73 Å². The average molecular weight is 272 g/mol. The fraction of sp³-hybridized carbons (Fsp3) is 0.200. The van der Waals surface area contributed by atoms with E-state index in [4.69, 9.17) is 10.5 Å². The van der Waals surface area contributed by atoms with Crippen LogP contribution in [0.3, 0.4) is 0 Å². The Labute approximate surface area is 117 Å². The number of aryl methyl sites for hydroxylation is 1. The highest BCUT2D eigenvalue weighted by atomic mass is 16.6. The van der Waals surface area contributed by atoms with Crippen LogP contribution in [0.1, 0.15) is 18.1 Å². The van der Waals surface area contributed by atoms with Crippen LogP contribution in [0.2, 0.25) is 0 Å². The minimum atomic E-state index is -0.445. The Morgan fingerprint density at radius 3 is 2.50 bits per heavy atom. The van der Waals surface area contributed by atoms with Crippen LogP contribution < -0.4 is 10.5 Å². The van der Waals surface area contributed by atoms with E-state index < -0.39 is 4.92 Å². The zero-order valence-corrected chi connectivity index (χ0v) is 11.2. The molecule has 0 unspecified atom stereocenters. The maximum absolute atomic E-state index is 10.7. The Kier molecular flexibility index (Phi) is 4.20. The standard InChI is InChI=1S/C15H16N2O3/c1-2-11-3-6-14(7-4-11)20-10-12-9-13(17(18)19)5-8-15(12)16/h3-9H,2,10,16H2,1H3. The van der Waals surface area contributed by atoms with Crippen LogP contribution in [0.5, 0.6) is 5.75 Å². The van der Waals surface area contributed by atoms with Gasteiger partial charge in [-0.25, -0.2) is 0 Å². The van der Waals surface area contributed by atoms with E-state index in [1.807, 2.05) is 24.3 Å². The first kappa shape index (κ1) is 13.9. The van der Waals surface area contributed by atoms with Crippen LogP contribution in [0.15, 0.2) is 42.5 Å². The predicted octanol–water partition coefficient (Wildman–Crippen LogP) is 3.32. The third-order valence-electron chi connectivity index (χ3n) is 3.06. The molecule has 0 spiro atoms. The van der Waals surface area contributed by atoms with Gasteiger partial charge < -0.3 is 10.5 Å². The molecule has 0 aliphatic rings. The summed E-state index contributed by atoms with van der Waals surface area (Å²) < 4.78 is 5.60. The molecular formula is C15H16N2O3. The number of nitro groups is 1. The van der Waals surface area contributed by atoms with Gasteiger partial charge in [0.05, 0.1) is 4.92 Å². The van der Waals surface area contributed by atoms with Gasteiger partial charge in [-0.15, -0.1) is 0 Å². The van der Waals surface area contributed by atoms with E-state index in [0.717, 1.165) is 6.42 Å². The number of nitrogens with two attached hydrogens (primary N) is 1. The van der Waals surface area contributed by atoms with Crippen LogP contribution in [-0.2, 0) is 13.0 Å². The number of nitrogens with zero attached hydrogens (tertiary/aromatic N) is 1. The summed E-state index contributed by atoms with van der Waals surface area (Å²) in [6.45, 7) is 2.29. The number of nitrogen functional groups attached to an aromatic ring is 1. The molecule has 0 bridgehead atoms. The Morgan fingerprint density at radius 2 is 1.90 bits per heavy atom. The molecule has 104 valence electrons. The lowest BCUT2D eigenvalue weighted by Gasteiger charge is -2.09. The summed E-state index contributed by atoms with van der Waals surface area (Å²) in [6, 6.07) is 12.1. The SMILES string of the molecule is CCc1ccc(OCc2cc([N+](=O)[O-])ccc2N)cc1. The molecule has 2 aromatic rings. The number of rotatable bonds is 5. The van der Waals surface area contributed by atoms with Gasteiger partial charge in [0.2, 0.25) is 0 Å². The van der Waals surface area contributed by atoms with Crippen molar-refractivity contribution in [2.45, 2.75) is 20.0 Å². The molecule has 0 heterocycles. The molecule has 0 aliphatic heterocycles. The van der Waals surface area contributed by atoms with Crippen LogP contribution in [-0.4, -0.2) is 4.92 Å². The molecule has 0 aromatic heterocycles. The first-order valence-electron chi connectivity index (χ1n) is 6.34. The molecule has 5 nitrogen and oxygen atoms in total. The van der Waals surface area contributed by atoms with Crippen LogP contribution >= 0.6 is 0 Å². The molecule has 2 N–H and O–H groups in total. The molecule has 2 rings (SSSR count). The van der Waals surface area contributed by atoms with E-state index in [-0.39, 0.29) is 12.3 Å². The molecule has 5 heteroatoms. The number of ether oxygens (including phenoxy) is 1. The van der Waals surface area contributed by atoms with Gasteiger partial charge in [0.1, 0.15) is 12.4 Å². The van der Waals surface area contributed by atoms with Gasteiger partial charge in [0.25, 0.3) is 5.69 Å². The minimum absolute atomic E-state index is 0.0131. The van der Waals surface area contributed by atoms with Crippen molar-refractivity contribution in [2.24, 2.45) is 0 Å². The molecule has 0 fully saturated rings. The first-order valence-corrected chi connectivity index (χ1v) is 6.34. The van der Waals surface area contributed by atoms with Crippen molar-refractivity contribution in [1.29, 1.82) is 0 Å². The third-order valence-corrected chi connectivity index (χ3v) is 3.06. The van der Waals surface area contributed by atoms with Crippen molar-refractivity contribution in [3.05, 3.63) is 63.7 Å². The van der Waals surface area contributed by atoms with Gasteiger partial charge in [-0.2, -0.15) is 0 Å². The van der Waals surface area contributed by atoms with Crippen molar-refractivity contribution in [3.8, 4) is 5.75 Å². The summed E-state index contributed by atoms with van der Waals surface area (Å²) in [6.07, 6.45) is 0.970. The number of benzene rings is 2. The largest absolute Gasteiger partial charge is 0.489 e. The van der Waals surface area contributed by atoms with E-state index in [1.54, 1.807) is 0 Å². The number of nitro benzene ring substituents is 1. The summed E-state index contributed by atoms with van der Waals surface area (Å²) in [7, 11) is 0. The fourth-order valence-corrected chi connectivity index (χ4v) is 1.81. The maximum Gasteiger partial charge on any atom is 0.269 e. The van der Waals surface area contributed by atoms with Crippen molar-refractivity contribution in [1.82, 2.24) is 0 Å². The lowest BCUT2D eigenvalue weighted by Crippen LogP contribution is -2.01. The maximum atomic E-state index is 10.7. The molecule has 20 heavy (non-hydrogen) atoms. The summed E-state index contributed by atoms with van der Waals surface area (Å²) in [4.78, 5) is 10.3. The smallest absolute Gasteiger partial charge is 0.269 e. The van der Waals surface area contributed by atoms with Gasteiger partial charge in [-0.05, 0) is 30.2 Å². The van der Waals surface area contributed by atoms with Crippen molar-refractivity contribution in [3.63, 3.8) is 0 Å². The predicted molar refractivity (Wildman–Crippen MR) is 77.7 cm³/mol. The second-order valence-corrected chi connectivity index (χ2v) is 4.43.